The van der Waals surface area contributed by atoms with Gasteiger partial charge < -0.3 is 38.8 Å². The van der Waals surface area contributed by atoms with Crippen molar-refractivity contribution in [1.29, 1.82) is 0 Å². The number of hydrogen-bond acceptors (Lipinski definition) is 9. The molecule has 262 valence electrons. The highest BCUT2D eigenvalue weighted by molar-refractivity contribution is 6.00. The molecule has 1 saturated heterocycles. The Morgan fingerprint density at radius 1 is 0.959 bits per heavy atom. The van der Waals surface area contributed by atoms with Crippen LogP contribution in [0.25, 0.3) is 16.6 Å². The number of amides is 3. The summed E-state index contributed by atoms with van der Waals surface area (Å²) in [5, 5.41) is 8.27. The fourth-order valence-electron chi connectivity index (χ4n) is 7.07. The number of ether oxygens (including phenoxy) is 3. The van der Waals surface area contributed by atoms with Crippen molar-refractivity contribution in [2.75, 3.05) is 65.5 Å². The zero-order valence-corrected chi connectivity index (χ0v) is 29.0. The molecule has 1 N–H and O–H groups in total. The number of aryl methyl sites for hydroxylation is 1. The first-order chi connectivity index (χ1) is 23.8. The van der Waals surface area contributed by atoms with Gasteiger partial charge in [-0.1, -0.05) is 6.92 Å². The lowest BCUT2D eigenvalue weighted by Crippen LogP contribution is -2.45. The summed E-state index contributed by atoms with van der Waals surface area (Å²) < 4.78 is 20.8. The zero-order valence-electron chi connectivity index (χ0n) is 29.0. The lowest BCUT2D eigenvalue weighted by molar-refractivity contribution is -0.136. The van der Waals surface area contributed by atoms with Crippen LogP contribution in [0.1, 0.15) is 54.9 Å². The predicted molar refractivity (Wildman–Crippen MR) is 184 cm³/mol. The number of anilines is 1. The van der Waals surface area contributed by atoms with Gasteiger partial charge in [0.15, 0.2) is 11.5 Å². The third-order valence-corrected chi connectivity index (χ3v) is 9.59. The van der Waals surface area contributed by atoms with Gasteiger partial charge in [0, 0.05) is 82.1 Å². The van der Waals surface area contributed by atoms with Gasteiger partial charge in [-0.05, 0) is 37.7 Å². The molecule has 1 aromatic carbocycles. The quantitative estimate of drug-likeness (QED) is 0.339. The van der Waals surface area contributed by atoms with E-state index in [1.807, 2.05) is 48.0 Å². The molecule has 2 aliphatic heterocycles. The lowest BCUT2D eigenvalue weighted by Gasteiger charge is -2.36. The molecular weight excluding hydrogens is 628 g/mol. The SMILES string of the molecule is CCC(=O)N1CCCCN(C(=O)c2cnn3ccn(C)c23)Cc2cc3c(OC)c(OC)c(OC)cc3nc2N2CCCC(CNC(=O)C1)C2. The number of carbonyl (C=O) groups excluding carboxylic acids is 3. The first kappa shape index (κ1) is 33.9. The van der Waals surface area contributed by atoms with Crippen LogP contribution in [-0.4, -0.2) is 107 Å². The first-order valence-electron chi connectivity index (χ1n) is 17.0. The predicted octanol–water partition coefficient (Wildman–Crippen LogP) is 3.25. The number of nitrogens with zero attached hydrogens (tertiary/aromatic N) is 7. The van der Waals surface area contributed by atoms with Gasteiger partial charge in [0.25, 0.3) is 5.91 Å². The Morgan fingerprint density at radius 3 is 2.47 bits per heavy atom. The average Bonchev–Trinajstić information content (AvgIpc) is 3.71. The number of methoxy groups -OCH3 is 3. The molecule has 3 aromatic heterocycles. The van der Waals surface area contributed by atoms with E-state index in [1.165, 1.54) is 0 Å². The van der Waals surface area contributed by atoms with Gasteiger partial charge in [-0.25, -0.2) is 9.50 Å². The molecule has 1 unspecified atom stereocenters. The highest BCUT2D eigenvalue weighted by Gasteiger charge is 2.29. The number of rotatable bonds is 5. The lowest BCUT2D eigenvalue weighted by atomic mass is 9.97. The van der Waals surface area contributed by atoms with Crippen LogP contribution in [0.4, 0.5) is 5.82 Å². The molecule has 0 aliphatic carbocycles. The van der Waals surface area contributed by atoms with Crippen LogP contribution in [0.3, 0.4) is 0 Å². The van der Waals surface area contributed by atoms with Gasteiger partial charge in [-0.3, -0.25) is 14.4 Å². The molecule has 2 aliphatic rings. The number of imidazole rings is 1. The Morgan fingerprint density at radius 2 is 1.73 bits per heavy atom. The van der Waals surface area contributed by atoms with Crippen molar-refractivity contribution < 1.29 is 28.6 Å². The van der Waals surface area contributed by atoms with E-state index < -0.39 is 0 Å². The summed E-state index contributed by atoms with van der Waals surface area (Å²) in [6.07, 6.45) is 8.74. The smallest absolute Gasteiger partial charge is 0.259 e. The monoisotopic (exact) mass is 674 g/mol. The molecule has 0 radical (unpaired) electrons. The van der Waals surface area contributed by atoms with E-state index in [-0.39, 0.29) is 36.7 Å². The Bertz CT molecular complexity index is 1850. The molecule has 49 heavy (non-hydrogen) atoms. The summed E-state index contributed by atoms with van der Waals surface area (Å²) in [4.78, 5) is 51.3. The molecule has 6 rings (SSSR count). The molecule has 3 amide bonds. The zero-order chi connectivity index (χ0) is 34.7. The molecule has 0 saturated carbocycles. The van der Waals surface area contributed by atoms with Crippen molar-refractivity contribution in [3.05, 3.63) is 41.9 Å². The minimum Gasteiger partial charge on any atom is -0.493 e. The number of nitrogens with one attached hydrogen (secondary N) is 1. The second-order valence-corrected chi connectivity index (χ2v) is 12.8. The number of hydrogen-bond donors (Lipinski definition) is 1. The maximum Gasteiger partial charge on any atom is 0.259 e. The second-order valence-electron chi connectivity index (χ2n) is 12.8. The van der Waals surface area contributed by atoms with Crippen molar-refractivity contribution in [2.45, 2.75) is 45.6 Å². The first-order valence-corrected chi connectivity index (χ1v) is 17.0. The summed E-state index contributed by atoms with van der Waals surface area (Å²) in [7, 11) is 6.63. The molecule has 5 heterocycles. The van der Waals surface area contributed by atoms with E-state index in [1.54, 1.807) is 36.9 Å². The molecule has 14 heteroatoms. The van der Waals surface area contributed by atoms with E-state index in [4.69, 9.17) is 19.2 Å². The van der Waals surface area contributed by atoms with Gasteiger partial charge in [0.2, 0.25) is 17.6 Å². The third kappa shape index (κ3) is 6.81. The maximum atomic E-state index is 14.5. The molecule has 4 aromatic rings. The molecule has 14 nitrogen and oxygen atoms in total. The number of carbonyl (C=O) groups is 3. The standard InChI is InChI=1S/C35H46N8O6/c1-6-30(45)40-11-7-8-12-42(35(46)26-19-37-43-15-14-39(2)34(26)43)21-24-16-25-27(17-28(47-3)32(49-5)31(25)48-4)38-33(24)41-13-9-10-23(20-41)18-36-29(44)22-40/h14-17,19,23H,6-13,18,20-22H2,1-5H3,(H,36,44). The topological polar surface area (TPSA) is 136 Å². The number of aromatic nitrogens is 4. The number of piperidine rings is 1. The summed E-state index contributed by atoms with van der Waals surface area (Å²) in [5.41, 5.74) is 2.75. The normalized spacial score (nSPS) is 17.9. The van der Waals surface area contributed by atoms with Crippen LogP contribution in [-0.2, 0) is 23.2 Å². The Kier molecular flexibility index (Phi) is 10.1. The largest absolute Gasteiger partial charge is 0.493 e. The summed E-state index contributed by atoms with van der Waals surface area (Å²) in [6, 6.07) is 3.90. The molecule has 2 bridgehead atoms. The van der Waals surface area contributed by atoms with Gasteiger partial charge in [0.05, 0.1) is 39.6 Å². The van der Waals surface area contributed by atoms with Gasteiger partial charge in [0.1, 0.15) is 17.0 Å². The van der Waals surface area contributed by atoms with E-state index in [9.17, 15) is 14.4 Å². The van der Waals surface area contributed by atoms with Gasteiger partial charge >= 0.3 is 0 Å². The van der Waals surface area contributed by atoms with E-state index >= 15 is 0 Å². The molecule has 1 atom stereocenters. The van der Waals surface area contributed by atoms with E-state index in [0.717, 1.165) is 36.2 Å². The van der Waals surface area contributed by atoms with Crippen molar-refractivity contribution in [1.82, 2.24) is 34.3 Å². The highest BCUT2D eigenvalue weighted by Crippen LogP contribution is 2.44. The van der Waals surface area contributed by atoms with Crippen molar-refractivity contribution in [3.63, 3.8) is 0 Å². The van der Waals surface area contributed by atoms with Crippen molar-refractivity contribution in [3.8, 4) is 17.2 Å². The Balaban J connectivity index is 1.47. The maximum absolute atomic E-state index is 14.5. The fraction of sp³-hybridized carbons (Fsp3) is 0.514. The van der Waals surface area contributed by atoms with E-state index in [0.29, 0.717) is 79.4 Å². The average molecular weight is 675 g/mol. The minimum absolute atomic E-state index is 0.0249. The number of fused-ring (bicyclic) bond motifs is 6. The summed E-state index contributed by atoms with van der Waals surface area (Å²) in [5.74, 6) is 2.06. The Labute approximate surface area is 285 Å². The molecule has 0 spiro atoms. The minimum atomic E-state index is -0.159. The van der Waals surface area contributed by atoms with Crippen LogP contribution in [0.2, 0.25) is 0 Å². The molecule has 1 fully saturated rings. The van der Waals surface area contributed by atoms with Crippen LogP contribution < -0.4 is 24.4 Å². The number of pyridine rings is 1. The third-order valence-electron chi connectivity index (χ3n) is 9.59. The van der Waals surface area contributed by atoms with Crippen LogP contribution >= 0.6 is 0 Å². The summed E-state index contributed by atoms with van der Waals surface area (Å²) >= 11 is 0. The second kappa shape index (κ2) is 14.6. The number of benzene rings is 1. The Hall–Kier alpha value is -5.01. The van der Waals surface area contributed by atoms with Crippen molar-refractivity contribution in [2.24, 2.45) is 13.0 Å². The van der Waals surface area contributed by atoms with Crippen LogP contribution in [0, 0.1) is 5.92 Å². The van der Waals surface area contributed by atoms with Crippen LogP contribution in [0.15, 0.2) is 30.7 Å². The fourth-order valence-corrected chi connectivity index (χ4v) is 7.07. The van der Waals surface area contributed by atoms with Crippen molar-refractivity contribution >= 4 is 40.1 Å². The van der Waals surface area contributed by atoms with E-state index in [2.05, 4.69) is 15.3 Å². The van der Waals surface area contributed by atoms with Gasteiger partial charge in [-0.2, -0.15) is 5.10 Å². The summed E-state index contributed by atoms with van der Waals surface area (Å²) in [6.45, 7) is 4.92. The molecular formula is C35H46N8O6. The van der Waals surface area contributed by atoms with Crippen LogP contribution in [0.5, 0.6) is 17.2 Å². The van der Waals surface area contributed by atoms with Gasteiger partial charge in [-0.15, -0.1) is 0 Å². The highest BCUT2D eigenvalue weighted by atomic mass is 16.5.